The van der Waals surface area contributed by atoms with Crippen LogP contribution in [0.4, 0.5) is 11.4 Å². The van der Waals surface area contributed by atoms with Gasteiger partial charge >= 0.3 is 0 Å². The summed E-state index contributed by atoms with van der Waals surface area (Å²) in [6, 6.07) is 6.72. The molecule has 2 aromatic carbocycles. The van der Waals surface area contributed by atoms with E-state index < -0.39 is 17.7 Å². The van der Waals surface area contributed by atoms with Crippen molar-refractivity contribution in [3.05, 3.63) is 45.9 Å². The molecule has 0 aliphatic heterocycles. The summed E-state index contributed by atoms with van der Waals surface area (Å²) in [7, 11) is 2.90. The minimum Gasteiger partial charge on any atom is -0.493 e. The highest BCUT2D eigenvalue weighted by Gasteiger charge is 2.24. The number of anilines is 1. The molecule has 0 spiro atoms. The second-order valence-electron chi connectivity index (χ2n) is 5.84. The summed E-state index contributed by atoms with van der Waals surface area (Å²) in [5.41, 5.74) is 1.61. The van der Waals surface area contributed by atoms with Gasteiger partial charge in [-0.05, 0) is 43.7 Å². The number of hydrogen-bond donors (Lipinski definition) is 1. The number of rotatable bonds is 7. The Bertz CT molecular complexity index is 932. The number of carbonyl (C=O) groups excluding carboxylic acids is 2. The van der Waals surface area contributed by atoms with E-state index in [9.17, 15) is 9.59 Å². The molecule has 1 amide bonds. The number of ketones is 1. The van der Waals surface area contributed by atoms with Crippen LogP contribution in [0.1, 0.15) is 12.5 Å². The average Bonchev–Trinajstić information content (AvgIpc) is 2.62. The lowest BCUT2D eigenvalue weighted by molar-refractivity contribution is -0.126. The van der Waals surface area contributed by atoms with Gasteiger partial charge in [0.05, 0.1) is 24.9 Å². The van der Waals surface area contributed by atoms with E-state index in [-0.39, 0.29) is 5.02 Å². The Balaban J connectivity index is 2.25. The lowest BCUT2D eigenvalue weighted by Gasteiger charge is -2.14. The van der Waals surface area contributed by atoms with Crippen LogP contribution in [-0.2, 0) is 9.59 Å². The van der Waals surface area contributed by atoms with Crippen LogP contribution in [0.3, 0.4) is 0 Å². The van der Waals surface area contributed by atoms with E-state index >= 15 is 0 Å². The first-order valence-electron chi connectivity index (χ1n) is 8.16. The lowest BCUT2D eigenvalue weighted by atomic mass is 10.2. The van der Waals surface area contributed by atoms with Crippen LogP contribution in [0.15, 0.2) is 40.6 Å². The maximum Gasteiger partial charge on any atom is 0.258 e. The van der Waals surface area contributed by atoms with Gasteiger partial charge in [0.1, 0.15) is 0 Å². The topological polar surface area (TPSA) is 89.4 Å². The molecule has 1 N–H and O–H groups in total. The lowest BCUT2D eigenvalue weighted by Crippen LogP contribution is -2.31. The second-order valence-corrected chi connectivity index (χ2v) is 6.69. The molecule has 0 radical (unpaired) electrons. The van der Waals surface area contributed by atoms with Crippen LogP contribution >= 0.6 is 23.2 Å². The molecular formula is C19H19Cl2N3O4. The molecule has 0 saturated heterocycles. The standard InChI is InChI=1S/C19H19Cl2N3O4/c1-10-7-12(20)5-6-15(10)23-24-17(11(2)25)19(26)22-13-8-14(21)18(28-4)16(9-13)27-3/h5-9,17H,1-4H3,(H,22,26). The highest BCUT2D eigenvalue weighted by atomic mass is 35.5. The summed E-state index contributed by atoms with van der Waals surface area (Å²) in [5.74, 6) is -0.433. The Morgan fingerprint density at radius 3 is 2.39 bits per heavy atom. The fourth-order valence-electron chi connectivity index (χ4n) is 2.37. The number of methoxy groups -OCH3 is 2. The zero-order chi connectivity index (χ0) is 20.8. The highest BCUT2D eigenvalue weighted by molar-refractivity contribution is 6.32. The first-order valence-corrected chi connectivity index (χ1v) is 8.92. The van der Waals surface area contributed by atoms with Gasteiger partial charge in [-0.25, -0.2) is 0 Å². The van der Waals surface area contributed by atoms with Crippen LogP contribution in [0.2, 0.25) is 10.0 Å². The van der Waals surface area contributed by atoms with Gasteiger partial charge in [-0.2, -0.15) is 10.2 Å². The van der Waals surface area contributed by atoms with Crippen LogP contribution in [0.5, 0.6) is 11.5 Å². The molecular weight excluding hydrogens is 405 g/mol. The summed E-state index contributed by atoms with van der Waals surface area (Å²) in [6.45, 7) is 3.06. The number of Topliss-reactive ketones (excluding diaryl/α,β-unsaturated/α-hetero) is 1. The van der Waals surface area contributed by atoms with Crippen LogP contribution in [0.25, 0.3) is 0 Å². The van der Waals surface area contributed by atoms with Crippen molar-refractivity contribution in [2.24, 2.45) is 10.2 Å². The molecule has 0 aliphatic carbocycles. The number of nitrogens with one attached hydrogen (secondary N) is 1. The van der Waals surface area contributed by atoms with Crippen molar-refractivity contribution in [3.63, 3.8) is 0 Å². The van der Waals surface area contributed by atoms with Crippen molar-refractivity contribution in [2.75, 3.05) is 19.5 Å². The maximum atomic E-state index is 12.6. The molecule has 28 heavy (non-hydrogen) atoms. The van der Waals surface area contributed by atoms with Gasteiger partial charge in [0, 0.05) is 16.8 Å². The smallest absolute Gasteiger partial charge is 0.258 e. The monoisotopic (exact) mass is 423 g/mol. The van der Waals surface area contributed by atoms with Crippen molar-refractivity contribution >= 4 is 46.3 Å². The fraction of sp³-hybridized carbons (Fsp3) is 0.263. The zero-order valence-electron chi connectivity index (χ0n) is 15.7. The number of azo groups is 1. The molecule has 1 atom stereocenters. The number of halogens is 2. The fourth-order valence-corrected chi connectivity index (χ4v) is 2.88. The van der Waals surface area contributed by atoms with E-state index in [0.717, 1.165) is 5.56 Å². The molecule has 2 aromatic rings. The molecule has 0 bridgehead atoms. The predicted octanol–water partition coefficient (Wildman–Crippen LogP) is 5.00. The normalized spacial score (nSPS) is 11.9. The maximum absolute atomic E-state index is 12.6. The first-order chi connectivity index (χ1) is 13.3. The highest BCUT2D eigenvalue weighted by Crippen LogP contribution is 2.37. The Kier molecular flexibility index (Phi) is 7.37. The number of benzene rings is 2. The Morgan fingerprint density at radius 2 is 1.82 bits per heavy atom. The van der Waals surface area contributed by atoms with Crippen molar-refractivity contribution in [1.29, 1.82) is 0 Å². The van der Waals surface area contributed by atoms with Crippen LogP contribution in [-0.4, -0.2) is 32.0 Å². The zero-order valence-corrected chi connectivity index (χ0v) is 17.3. The van der Waals surface area contributed by atoms with E-state index in [1.807, 2.05) is 0 Å². The molecule has 0 aromatic heterocycles. The third kappa shape index (κ3) is 5.21. The molecule has 9 heteroatoms. The second kappa shape index (κ2) is 9.52. The molecule has 7 nitrogen and oxygen atoms in total. The number of aryl methyl sites for hydroxylation is 1. The summed E-state index contributed by atoms with van der Waals surface area (Å²) < 4.78 is 10.3. The summed E-state index contributed by atoms with van der Waals surface area (Å²) in [5, 5.41) is 11.3. The quantitative estimate of drug-likeness (QED) is 0.501. The minimum atomic E-state index is -1.32. The predicted molar refractivity (Wildman–Crippen MR) is 108 cm³/mol. The van der Waals surface area contributed by atoms with Crippen LogP contribution in [0, 0.1) is 6.92 Å². The number of amides is 1. The van der Waals surface area contributed by atoms with E-state index in [1.165, 1.54) is 33.3 Å². The summed E-state index contributed by atoms with van der Waals surface area (Å²) in [6.07, 6.45) is 0. The Labute approximate surface area is 172 Å². The third-order valence-electron chi connectivity index (χ3n) is 3.77. The summed E-state index contributed by atoms with van der Waals surface area (Å²) >= 11 is 12.0. The first kappa shape index (κ1) is 21.7. The van der Waals surface area contributed by atoms with Gasteiger partial charge in [-0.3, -0.25) is 9.59 Å². The average molecular weight is 424 g/mol. The van der Waals surface area contributed by atoms with E-state index in [2.05, 4.69) is 15.5 Å². The molecule has 0 aliphatic rings. The number of carbonyl (C=O) groups is 2. The van der Waals surface area contributed by atoms with Gasteiger partial charge in [0.25, 0.3) is 5.91 Å². The number of hydrogen-bond acceptors (Lipinski definition) is 6. The molecule has 0 fully saturated rings. The minimum absolute atomic E-state index is 0.245. The largest absolute Gasteiger partial charge is 0.493 e. The van der Waals surface area contributed by atoms with E-state index in [4.69, 9.17) is 32.7 Å². The van der Waals surface area contributed by atoms with Crippen molar-refractivity contribution in [2.45, 2.75) is 19.9 Å². The third-order valence-corrected chi connectivity index (χ3v) is 4.29. The van der Waals surface area contributed by atoms with Crippen molar-refractivity contribution < 1.29 is 19.1 Å². The molecule has 0 saturated carbocycles. The van der Waals surface area contributed by atoms with Gasteiger partial charge in [-0.15, -0.1) is 0 Å². The van der Waals surface area contributed by atoms with Gasteiger partial charge in [0.2, 0.25) is 6.04 Å². The van der Waals surface area contributed by atoms with Crippen molar-refractivity contribution in [3.8, 4) is 11.5 Å². The van der Waals surface area contributed by atoms with Gasteiger partial charge in [-0.1, -0.05) is 23.2 Å². The molecule has 148 valence electrons. The van der Waals surface area contributed by atoms with Gasteiger partial charge < -0.3 is 14.8 Å². The van der Waals surface area contributed by atoms with E-state index in [0.29, 0.717) is 27.9 Å². The molecule has 0 heterocycles. The summed E-state index contributed by atoms with van der Waals surface area (Å²) in [4.78, 5) is 24.5. The number of nitrogens with zero attached hydrogens (tertiary/aromatic N) is 2. The number of ether oxygens (including phenoxy) is 2. The van der Waals surface area contributed by atoms with Crippen LogP contribution < -0.4 is 14.8 Å². The Morgan fingerprint density at radius 1 is 1.11 bits per heavy atom. The Hall–Kier alpha value is -2.64. The molecule has 2 rings (SSSR count). The SMILES string of the molecule is COc1cc(NC(=O)C(N=Nc2ccc(Cl)cc2C)C(C)=O)cc(Cl)c1OC. The van der Waals surface area contributed by atoms with Crippen molar-refractivity contribution in [1.82, 2.24) is 0 Å². The molecule has 1 unspecified atom stereocenters. The van der Waals surface area contributed by atoms with Gasteiger partial charge in [0.15, 0.2) is 17.3 Å². The van der Waals surface area contributed by atoms with E-state index in [1.54, 1.807) is 25.1 Å².